The second kappa shape index (κ2) is 4.58. The van der Waals surface area contributed by atoms with Crippen LogP contribution in [-0.4, -0.2) is 23.1 Å². The van der Waals surface area contributed by atoms with Crippen molar-refractivity contribution in [3.05, 3.63) is 0 Å². The number of carbonyl (C=O) groups excluding carboxylic acids is 1. The SMILES string of the molecule is CC[C@H](C)[C@@H](NC(N)=O)C(=O)O. The van der Waals surface area contributed by atoms with Gasteiger partial charge in [-0.3, -0.25) is 0 Å². The van der Waals surface area contributed by atoms with Gasteiger partial charge >= 0.3 is 12.0 Å². The van der Waals surface area contributed by atoms with Crippen LogP contribution in [0.1, 0.15) is 20.3 Å². The molecule has 70 valence electrons. The third kappa shape index (κ3) is 3.23. The van der Waals surface area contributed by atoms with E-state index in [0.29, 0.717) is 6.42 Å². The van der Waals surface area contributed by atoms with Gasteiger partial charge in [-0.15, -0.1) is 0 Å². The van der Waals surface area contributed by atoms with E-state index < -0.39 is 18.0 Å². The lowest BCUT2D eigenvalue weighted by Gasteiger charge is -2.18. The maximum absolute atomic E-state index is 10.6. The fourth-order valence-corrected chi connectivity index (χ4v) is 0.836. The van der Waals surface area contributed by atoms with Crippen molar-refractivity contribution in [3.8, 4) is 0 Å². The van der Waals surface area contributed by atoms with Crippen molar-refractivity contribution in [3.63, 3.8) is 0 Å². The first-order chi connectivity index (χ1) is 5.49. The van der Waals surface area contributed by atoms with Crippen LogP contribution < -0.4 is 11.1 Å². The van der Waals surface area contributed by atoms with Crippen LogP contribution in [0.5, 0.6) is 0 Å². The van der Waals surface area contributed by atoms with E-state index in [-0.39, 0.29) is 5.92 Å². The fourth-order valence-electron chi connectivity index (χ4n) is 0.836. The molecule has 0 aromatic heterocycles. The Hall–Kier alpha value is -1.26. The van der Waals surface area contributed by atoms with Crippen molar-refractivity contribution < 1.29 is 14.7 Å². The fraction of sp³-hybridized carbons (Fsp3) is 0.714. The molecule has 5 nitrogen and oxygen atoms in total. The maximum Gasteiger partial charge on any atom is 0.326 e. The molecule has 0 fully saturated rings. The highest BCUT2D eigenvalue weighted by Crippen LogP contribution is 2.07. The van der Waals surface area contributed by atoms with Crippen LogP contribution in [0.3, 0.4) is 0 Å². The zero-order valence-electron chi connectivity index (χ0n) is 7.20. The van der Waals surface area contributed by atoms with E-state index in [4.69, 9.17) is 10.8 Å². The molecular formula is C7H14N2O3. The van der Waals surface area contributed by atoms with Gasteiger partial charge in [-0.2, -0.15) is 0 Å². The Balaban J connectivity index is 4.22. The van der Waals surface area contributed by atoms with Crippen LogP contribution in [0.4, 0.5) is 4.79 Å². The summed E-state index contributed by atoms with van der Waals surface area (Å²) in [7, 11) is 0. The van der Waals surface area contributed by atoms with Gasteiger partial charge in [0.1, 0.15) is 6.04 Å². The monoisotopic (exact) mass is 174 g/mol. The normalized spacial score (nSPS) is 14.8. The molecule has 0 aromatic carbocycles. The van der Waals surface area contributed by atoms with Crippen LogP contribution in [-0.2, 0) is 4.79 Å². The van der Waals surface area contributed by atoms with Crippen molar-refractivity contribution in [2.75, 3.05) is 0 Å². The smallest absolute Gasteiger partial charge is 0.326 e. The molecule has 5 heteroatoms. The van der Waals surface area contributed by atoms with Crippen LogP contribution in [0.25, 0.3) is 0 Å². The van der Waals surface area contributed by atoms with Crippen molar-refractivity contribution in [2.45, 2.75) is 26.3 Å². The lowest BCUT2D eigenvalue weighted by molar-refractivity contribution is -0.140. The highest BCUT2D eigenvalue weighted by Gasteiger charge is 2.23. The summed E-state index contributed by atoms with van der Waals surface area (Å²) in [6.45, 7) is 3.60. The molecule has 0 saturated carbocycles. The second-order valence-corrected chi connectivity index (χ2v) is 2.71. The van der Waals surface area contributed by atoms with Gasteiger partial charge in [0.05, 0.1) is 0 Å². The molecule has 2 amide bonds. The summed E-state index contributed by atoms with van der Waals surface area (Å²) >= 11 is 0. The Labute approximate surface area is 70.9 Å². The molecule has 0 unspecified atom stereocenters. The zero-order chi connectivity index (χ0) is 9.72. The van der Waals surface area contributed by atoms with Crippen LogP contribution in [0.2, 0.25) is 0 Å². The summed E-state index contributed by atoms with van der Waals surface area (Å²) in [5.74, 6) is -1.17. The summed E-state index contributed by atoms with van der Waals surface area (Å²) in [5.41, 5.74) is 4.81. The average molecular weight is 174 g/mol. The Bertz CT molecular complexity index is 181. The number of carboxylic acid groups (broad SMARTS) is 1. The van der Waals surface area contributed by atoms with Gasteiger partial charge in [0.15, 0.2) is 0 Å². The van der Waals surface area contributed by atoms with E-state index in [1.54, 1.807) is 6.92 Å². The number of nitrogens with one attached hydrogen (secondary N) is 1. The molecule has 0 heterocycles. The van der Waals surface area contributed by atoms with Gasteiger partial charge in [0.25, 0.3) is 0 Å². The van der Waals surface area contributed by atoms with Gasteiger partial charge in [0, 0.05) is 0 Å². The molecular weight excluding hydrogens is 160 g/mol. The first kappa shape index (κ1) is 10.7. The van der Waals surface area contributed by atoms with E-state index in [0.717, 1.165) is 0 Å². The summed E-state index contributed by atoms with van der Waals surface area (Å²) in [4.78, 5) is 20.9. The van der Waals surface area contributed by atoms with E-state index in [2.05, 4.69) is 5.32 Å². The summed E-state index contributed by atoms with van der Waals surface area (Å²) < 4.78 is 0. The topological polar surface area (TPSA) is 92.4 Å². The summed E-state index contributed by atoms with van der Waals surface area (Å²) in [5, 5.41) is 10.8. The number of aliphatic carboxylic acids is 1. The molecule has 0 rings (SSSR count). The molecule has 0 spiro atoms. The first-order valence-corrected chi connectivity index (χ1v) is 3.77. The number of carboxylic acids is 1. The molecule has 0 bridgehead atoms. The highest BCUT2D eigenvalue weighted by atomic mass is 16.4. The third-order valence-corrected chi connectivity index (χ3v) is 1.78. The quantitative estimate of drug-likeness (QED) is 0.566. The van der Waals surface area contributed by atoms with E-state index >= 15 is 0 Å². The first-order valence-electron chi connectivity index (χ1n) is 3.77. The van der Waals surface area contributed by atoms with Crippen molar-refractivity contribution in [2.24, 2.45) is 11.7 Å². The number of hydrogen-bond acceptors (Lipinski definition) is 2. The second-order valence-electron chi connectivity index (χ2n) is 2.71. The predicted octanol–water partition coefficient (Wildman–Crippen LogP) is 0.154. The molecule has 0 aliphatic heterocycles. The third-order valence-electron chi connectivity index (χ3n) is 1.78. The minimum atomic E-state index is -1.05. The molecule has 0 aliphatic carbocycles. The lowest BCUT2D eigenvalue weighted by Crippen LogP contribution is -2.47. The summed E-state index contributed by atoms with van der Waals surface area (Å²) in [6.07, 6.45) is 0.678. The standard InChI is InChI=1S/C7H14N2O3/c1-3-4(2)5(6(10)11)9-7(8)12/h4-5H,3H2,1-2H3,(H,10,11)(H3,8,9,12)/t4-,5+/m0/s1. The predicted molar refractivity (Wildman–Crippen MR) is 43.6 cm³/mol. The largest absolute Gasteiger partial charge is 0.480 e. The number of primary amides is 1. The van der Waals surface area contributed by atoms with Gasteiger partial charge in [-0.25, -0.2) is 9.59 Å². The number of rotatable bonds is 4. The number of hydrogen-bond donors (Lipinski definition) is 3. The molecule has 2 atom stereocenters. The minimum absolute atomic E-state index is 0.116. The van der Waals surface area contributed by atoms with E-state index in [1.165, 1.54) is 0 Å². The van der Waals surface area contributed by atoms with Gasteiger partial charge in [0.2, 0.25) is 0 Å². The lowest BCUT2D eigenvalue weighted by atomic mass is 10.00. The van der Waals surface area contributed by atoms with Crippen LogP contribution in [0.15, 0.2) is 0 Å². The summed E-state index contributed by atoms with van der Waals surface area (Å²) in [6, 6.07) is -1.68. The van der Waals surface area contributed by atoms with E-state index in [9.17, 15) is 9.59 Å². The Morgan fingerprint density at radius 1 is 1.58 bits per heavy atom. The van der Waals surface area contributed by atoms with Crippen molar-refractivity contribution >= 4 is 12.0 Å². The maximum atomic E-state index is 10.6. The van der Waals surface area contributed by atoms with Crippen LogP contribution in [0, 0.1) is 5.92 Å². The number of carbonyl (C=O) groups is 2. The zero-order valence-corrected chi connectivity index (χ0v) is 7.20. The average Bonchev–Trinajstić information content (AvgIpc) is 1.98. The molecule has 0 saturated heterocycles. The highest BCUT2D eigenvalue weighted by molar-refractivity contribution is 5.81. The Morgan fingerprint density at radius 3 is 2.33 bits per heavy atom. The van der Waals surface area contributed by atoms with Crippen molar-refractivity contribution in [1.29, 1.82) is 0 Å². The van der Waals surface area contributed by atoms with Crippen LogP contribution >= 0.6 is 0 Å². The number of nitrogens with two attached hydrogens (primary N) is 1. The Kier molecular flexibility index (Phi) is 4.10. The number of amides is 2. The molecule has 0 radical (unpaired) electrons. The van der Waals surface area contributed by atoms with Gasteiger partial charge in [-0.05, 0) is 5.92 Å². The number of urea groups is 1. The van der Waals surface area contributed by atoms with Crippen molar-refractivity contribution in [1.82, 2.24) is 5.32 Å². The van der Waals surface area contributed by atoms with E-state index in [1.807, 2.05) is 6.92 Å². The minimum Gasteiger partial charge on any atom is -0.480 e. The van der Waals surface area contributed by atoms with Gasteiger partial charge in [-0.1, -0.05) is 20.3 Å². The Morgan fingerprint density at radius 2 is 2.08 bits per heavy atom. The molecule has 12 heavy (non-hydrogen) atoms. The molecule has 0 aromatic rings. The molecule has 4 N–H and O–H groups in total. The van der Waals surface area contributed by atoms with Gasteiger partial charge < -0.3 is 16.2 Å². The molecule has 0 aliphatic rings.